The summed E-state index contributed by atoms with van der Waals surface area (Å²) in [5, 5.41) is 11.8. The molecule has 0 aliphatic carbocycles. The van der Waals surface area contributed by atoms with Crippen LogP contribution < -0.4 is 5.32 Å². The molecule has 0 bridgehead atoms. The lowest BCUT2D eigenvalue weighted by atomic mass is 10.1. The molecule has 3 rings (SSSR count). The number of halogens is 1. The third kappa shape index (κ3) is 4.03. The molecule has 0 saturated carbocycles. The molecule has 0 radical (unpaired) electrons. The Kier molecular flexibility index (Phi) is 5.08. The third-order valence-electron chi connectivity index (χ3n) is 3.60. The van der Waals surface area contributed by atoms with Gasteiger partial charge in [0.05, 0.1) is 11.3 Å². The zero-order valence-corrected chi connectivity index (χ0v) is 15.1. The molecule has 124 valence electrons. The summed E-state index contributed by atoms with van der Waals surface area (Å²) in [5.41, 5.74) is 3.14. The van der Waals surface area contributed by atoms with E-state index in [0.717, 1.165) is 14.7 Å². The van der Waals surface area contributed by atoms with Crippen LogP contribution in [0.4, 0.5) is 5.69 Å². The number of hydrogen-bond acceptors (Lipinski definition) is 3. The summed E-state index contributed by atoms with van der Waals surface area (Å²) in [6, 6.07) is 15.4. The quantitative estimate of drug-likeness (QED) is 0.589. The van der Waals surface area contributed by atoms with Crippen LogP contribution in [0.5, 0.6) is 0 Å². The number of nitrogens with zero attached hydrogens (tertiary/aromatic N) is 1. The maximum atomic E-state index is 12.4. The smallest absolute Gasteiger partial charge is 0.335 e. The number of anilines is 1. The molecule has 0 unspecified atom stereocenters. The zero-order valence-electron chi connectivity index (χ0n) is 12.9. The third-order valence-corrected chi connectivity index (χ3v) is 4.54. The molecule has 2 aromatic carbocycles. The van der Waals surface area contributed by atoms with Crippen LogP contribution >= 0.6 is 22.6 Å². The van der Waals surface area contributed by atoms with Crippen molar-refractivity contribution in [2.45, 2.75) is 0 Å². The maximum absolute atomic E-state index is 12.4. The summed E-state index contributed by atoms with van der Waals surface area (Å²) in [7, 11) is 0. The van der Waals surface area contributed by atoms with Gasteiger partial charge in [-0.05, 0) is 70.6 Å². The molecule has 0 aliphatic heterocycles. The van der Waals surface area contributed by atoms with E-state index in [9.17, 15) is 9.59 Å². The number of amides is 1. The summed E-state index contributed by atoms with van der Waals surface area (Å²) in [6.45, 7) is 0. The fraction of sp³-hybridized carbons (Fsp3) is 0. The number of rotatable bonds is 4. The van der Waals surface area contributed by atoms with Crippen LogP contribution in [-0.4, -0.2) is 22.0 Å². The van der Waals surface area contributed by atoms with Crippen LogP contribution in [0.15, 0.2) is 67.0 Å². The van der Waals surface area contributed by atoms with Crippen molar-refractivity contribution in [2.75, 3.05) is 5.32 Å². The molecule has 0 fully saturated rings. The van der Waals surface area contributed by atoms with Gasteiger partial charge in [-0.25, -0.2) is 4.79 Å². The lowest BCUT2D eigenvalue weighted by molar-refractivity contribution is 0.0696. The number of carboxylic acids is 1. The van der Waals surface area contributed by atoms with E-state index in [-0.39, 0.29) is 11.5 Å². The molecule has 1 aromatic heterocycles. The number of hydrogen-bond donors (Lipinski definition) is 2. The number of carbonyl (C=O) groups excluding carboxylic acids is 1. The van der Waals surface area contributed by atoms with Crippen LogP contribution in [0.25, 0.3) is 11.1 Å². The van der Waals surface area contributed by atoms with Crippen molar-refractivity contribution in [2.24, 2.45) is 0 Å². The Morgan fingerprint density at radius 2 is 1.68 bits per heavy atom. The van der Waals surface area contributed by atoms with E-state index < -0.39 is 5.97 Å². The predicted molar refractivity (Wildman–Crippen MR) is 104 cm³/mol. The van der Waals surface area contributed by atoms with Gasteiger partial charge in [0.1, 0.15) is 0 Å². The Morgan fingerprint density at radius 1 is 0.960 bits per heavy atom. The minimum atomic E-state index is -1.02. The molecule has 0 spiro atoms. The van der Waals surface area contributed by atoms with Crippen LogP contribution in [0.1, 0.15) is 20.7 Å². The van der Waals surface area contributed by atoms with Crippen molar-refractivity contribution in [3.05, 3.63) is 81.7 Å². The van der Waals surface area contributed by atoms with Crippen molar-refractivity contribution >= 4 is 40.2 Å². The predicted octanol–water partition coefficient (Wildman–Crippen LogP) is 4.30. The Balaban J connectivity index is 1.84. The Bertz CT molecular complexity index is 925. The molecule has 0 saturated heterocycles. The summed E-state index contributed by atoms with van der Waals surface area (Å²) in [5.74, 6) is -1.32. The van der Waals surface area contributed by atoms with E-state index in [4.69, 9.17) is 5.11 Å². The summed E-state index contributed by atoms with van der Waals surface area (Å²) in [4.78, 5) is 27.4. The van der Waals surface area contributed by atoms with Gasteiger partial charge < -0.3 is 10.4 Å². The highest BCUT2D eigenvalue weighted by Crippen LogP contribution is 2.26. The van der Waals surface area contributed by atoms with E-state index in [1.807, 2.05) is 30.3 Å². The number of carbonyl (C=O) groups is 2. The first-order valence-corrected chi connectivity index (χ1v) is 8.47. The van der Waals surface area contributed by atoms with Gasteiger partial charge in [-0.2, -0.15) is 0 Å². The average molecular weight is 444 g/mol. The van der Waals surface area contributed by atoms with E-state index in [0.29, 0.717) is 11.3 Å². The van der Waals surface area contributed by atoms with Gasteiger partial charge in [0.15, 0.2) is 0 Å². The standard InChI is InChI=1S/C19H13IN2O3/c20-16-8-7-14(15-2-1-9-21-11-15)10-17(16)22-18(23)12-3-5-13(6-4-12)19(24)25/h1-11H,(H,22,23)(H,24,25). The largest absolute Gasteiger partial charge is 0.478 e. The molecule has 1 heterocycles. The Hall–Kier alpha value is -2.74. The number of carboxylic acid groups (broad SMARTS) is 1. The van der Waals surface area contributed by atoms with E-state index in [1.54, 1.807) is 12.4 Å². The molecular formula is C19H13IN2O3. The minimum absolute atomic E-state index is 0.143. The van der Waals surface area contributed by atoms with Gasteiger partial charge in [0, 0.05) is 27.1 Å². The van der Waals surface area contributed by atoms with Crippen LogP contribution in [0.3, 0.4) is 0 Å². The molecule has 5 nitrogen and oxygen atoms in total. The first kappa shape index (κ1) is 17.1. The lowest BCUT2D eigenvalue weighted by Crippen LogP contribution is -2.13. The molecule has 2 N–H and O–H groups in total. The lowest BCUT2D eigenvalue weighted by Gasteiger charge is -2.10. The highest BCUT2D eigenvalue weighted by atomic mass is 127. The second-order valence-corrected chi connectivity index (χ2v) is 6.44. The van der Waals surface area contributed by atoms with Crippen LogP contribution in [-0.2, 0) is 0 Å². The SMILES string of the molecule is O=C(O)c1ccc(C(=O)Nc2cc(-c3cccnc3)ccc2I)cc1. The van der Waals surface area contributed by atoms with Crippen molar-refractivity contribution in [3.63, 3.8) is 0 Å². The summed E-state index contributed by atoms with van der Waals surface area (Å²) < 4.78 is 0.903. The number of benzene rings is 2. The van der Waals surface area contributed by atoms with Crippen LogP contribution in [0.2, 0.25) is 0 Å². The van der Waals surface area contributed by atoms with Gasteiger partial charge in [0.2, 0.25) is 0 Å². The Morgan fingerprint density at radius 3 is 2.32 bits per heavy atom. The second kappa shape index (κ2) is 7.43. The molecule has 0 aliphatic rings. The second-order valence-electron chi connectivity index (χ2n) is 5.27. The topological polar surface area (TPSA) is 79.3 Å². The van der Waals surface area contributed by atoms with Crippen molar-refractivity contribution < 1.29 is 14.7 Å². The average Bonchev–Trinajstić information content (AvgIpc) is 2.64. The first-order valence-electron chi connectivity index (χ1n) is 7.39. The molecular weight excluding hydrogens is 431 g/mol. The molecule has 6 heteroatoms. The molecule has 0 atom stereocenters. The summed E-state index contributed by atoms with van der Waals surface area (Å²) >= 11 is 2.16. The fourth-order valence-corrected chi connectivity index (χ4v) is 2.76. The fourth-order valence-electron chi connectivity index (χ4n) is 2.29. The number of aromatic carboxylic acids is 1. The van der Waals surface area contributed by atoms with Gasteiger partial charge in [-0.1, -0.05) is 12.1 Å². The van der Waals surface area contributed by atoms with Gasteiger partial charge in [-0.3, -0.25) is 9.78 Å². The van der Waals surface area contributed by atoms with E-state index >= 15 is 0 Å². The van der Waals surface area contributed by atoms with Crippen molar-refractivity contribution in [1.82, 2.24) is 4.98 Å². The van der Waals surface area contributed by atoms with Gasteiger partial charge in [-0.15, -0.1) is 0 Å². The number of pyridine rings is 1. The van der Waals surface area contributed by atoms with Gasteiger partial charge >= 0.3 is 5.97 Å². The Labute approximate surface area is 157 Å². The molecule has 25 heavy (non-hydrogen) atoms. The summed E-state index contributed by atoms with van der Waals surface area (Å²) in [6.07, 6.45) is 3.47. The number of aromatic nitrogens is 1. The molecule has 3 aromatic rings. The first-order chi connectivity index (χ1) is 12.0. The molecule has 1 amide bonds. The van der Waals surface area contributed by atoms with Crippen molar-refractivity contribution in [1.29, 1.82) is 0 Å². The highest BCUT2D eigenvalue weighted by Gasteiger charge is 2.11. The minimum Gasteiger partial charge on any atom is -0.478 e. The van der Waals surface area contributed by atoms with Crippen molar-refractivity contribution in [3.8, 4) is 11.1 Å². The van der Waals surface area contributed by atoms with Gasteiger partial charge in [0.25, 0.3) is 5.91 Å². The highest BCUT2D eigenvalue weighted by molar-refractivity contribution is 14.1. The van der Waals surface area contributed by atoms with E-state index in [2.05, 4.69) is 32.9 Å². The normalized spacial score (nSPS) is 10.3. The number of nitrogens with one attached hydrogen (secondary N) is 1. The zero-order chi connectivity index (χ0) is 17.8. The maximum Gasteiger partial charge on any atom is 0.335 e. The van der Waals surface area contributed by atoms with Crippen LogP contribution in [0, 0.1) is 3.57 Å². The van der Waals surface area contributed by atoms with E-state index in [1.165, 1.54) is 24.3 Å². The monoisotopic (exact) mass is 444 g/mol.